The summed E-state index contributed by atoms with van der Waals surface area (Å²) in [5.74, 6) is 5.47. The average molecular weight is 337 g/mol. The zero-order chi connectivity index (χ0) is 14.5. The third kappa shape index (κ3) is 3.45. The lowest BCUT2D eigenvalue weighted by atomic mass is 9.94. The van der Waals surface area contributed by atoms with Crippen LogP contribution in [0.15, 0.2) is 46.9 Å². The van der Waals surface area contributed by atoms with Crippen LogP contribution in [0.4, 0.5) is 4.39 Å². The summed E-state index contributed by atoms with van der Waals surface area (Å²) in [5, 5.41) is 0. The largest absolute Gasteiger partial charge is 0.271 e. The van der Waals surface area contributed by atoms with Crippen molar-refractivity contribution in [2.24, 2.45) is 5.84 Å². The fraction of sp³-hybridized carbons (Fsp3) is 0.250. The van der Waals surface area contributed by atoms with Gasteiger partial charge in [0.2, 0.25) is 0 Å². The molecule has 0 radical (unpaired) electrons. The zero-order valence-electron chi connectivity index (χ0n) is 11.4. The molecule has 4 heteroatoms. The molecule has 106 valence electrons. The van der Waals surface area contributed by atoms with Gasteiger partial charge in [-0.2, -0.15) is 0 Å². The van der Waals surface area contributed by atoms with E-state index in [1.54, 1.807) is 12.1 Å². The summed E-state index contributed by atoms with van der Waals surface area (Å²) >= 11 is 3.37. The number of halogens is 2. The van der Waals surface area contributed by atoms with Gasteiger partial charge in [-0.05, 0) is 47.7 Å². The number of nitrogens with two attached hydrogens (primary N) is 1. The highest BCUT2D eigenvalue weighted by Crippen LogP contribution is 2.25. The third-order valence-electron chi connectivity index (χ3n) is 3.44. The van der Waals surface area contributed by atoms with Crippen LogP contribution in [0.2, 0.25) is 0 Å². The first-order valence-corrected chi connectivity index (χ1v) is 7.42. The van der Waals surface area contributed by atoms with Gasteiger partial charge in [-0.1, -0.05) is 47.1 Å². The normalized spacial score (nSPS) is 12.4. The van der Waals surface area contributed by atoms with Crippen LogP contribution in [0, 0.1) is 5.82 Å². The minimum Gasteiger partial charge on any atom is -0.271 e. The summed E-state index contributed by atoms with van der Waals surface area (Å²) < 4.78 is 14.7. The number of hydrogen-bond donors (Lipinski definition) is 2. The van der Waals surface area contributed by atoms with Gasteiger partial charge in [0.25, 0.3) is 0 Å². The van der Waals surface area contributed by atoms with E-state index >= 15 is 0 Å². The van der Waals surface area contributed by atoms with Crippen molar-refractivity contribution in [3.05, 3.63) is 69.4 Å². The molecule has 0 saturated carbocycles. The molecule has 0 saturated heterocycles. The Kier molecular flexibility index (Phi) is 5.29. The number of aryl methyl sites for hydroxylation is 1. The fourth-order valence-corrected chi connectivity index (χ4v) is 2.78. The summed E-state index contributed by atoms with van der Waals surface area (Å²) in [5.41, 5.74) is 5.80. The zero-order valence-corrected chi connectivity index (χ0v) is 13.0. The quantitative estimate of drug-likeness (QED) is 0.642. The van der Waals surface area contributed by atoms with Crippen LogP contribution >= 0.6 is 15.9 Å². The van der Waals surface area contributed by atoms with E-state index in [2.05, 4.69) is 34.3 Å². The van der Waals surface area contributed by atoms with Gasteiger partial charge < -0.3 is 0 Å². The van der Waals surface area contributed by atoms with Gasteiger partial charge in [0.05, 0.1) is 6.04 Å². The van der Waals surface area contributed by atoms with Crippen LogP contribution in [0.3, 0.4) is 0 Å². The Balaban J connectivity index is 2.31. The first-order chi connectivity index (χ1) is 9.65. The third-order valence-corrected chi connectivity index (χ3v) is 3.94. The lowest BCUT2D eigenvalue weighted by Gasteiger charge is -2.20. The van der Waals surface area contributed by atoms with Gasteiger partial charge in [0.1, 0.15) is 5.82 Å². The molecule has 3 N–H and O–H groups in total. The van der Waals surface area contributed by atoms with Gasteiger partial charge in [-0.15, -0.1) is 0 Å². The van der Waals surface area contributed by atoms with E-state index in [1.165, 1.54) is 11.6 Å². The van der Waals surface area contributed by atoms with Crippen molar-refractivity contribution in [3.8, 4) is 0 Å². The molecule has 2 nitrogen and oxygen atoms in total. The molecule has 0 aliphatic carbocycles. The molecule has 0 aliphatic rings. The van der Waals surface area contributed by atoms with E-state index in [4.69, 9.17) is 5.84 Å². The molecule has 2 aromatic carbocycles. The van der Waals surface area contributed by atoms with Gasteiger partial charge in [0, 0.05) is 4.47 Å². The second kappa shape index (κ2) is 6.97. The van der Waals surface area contributed by atoms with Crippen molar-refractivity contribution in [1.82, 2.24) is 5.43 Å². The van der Waals surface area contributed by atoms with Gasteiger partial charge in [0.15, 0.2) is 0 Å². The SMILES string of the molecule is CCc1ccccc1C(Cc1cc(Br)ccc1F)NN. The predicted octanol–water partition coefficient (Wildman–Crippen LogP) is 3.90. The molecule has 0 amide bonds. The molecule has 2 aromatic rings. The molecule has 20 heavy (non-hydrogen) atoms. The molecule has 0 fully saturated rings. The molecule has 0 heterocycles. The van der Waals surface area contributed by atoms with Crippen molar-refractivity contribution in [1.29, 1.82) is 0 Å². The maximum atomic E-state index is 13.9. The van der Waals surface area contributed by atoms with Gasteiger partial charge in [-0.25, -0.2) is 4.39 Å². The molecule has 0 aromatic heterocycles. The predicted molar refractivity (Wildman–Crippen MR) is 83.7 cm³/mol. The van der Waals surface area contributed by atoms with Crippen molar-refractivity contribution >= 4 is 15.9 Å². The molecule has 0 spiro atoms. The molecule has 2 rings (SSSR count). The van der Waals surface area contributed by atoms with E-state index in [9.17, 15) is 4.39 Å². The lowest BCUT2D eigenvalue weighted by Crippen LogP contribution is -2.30. The monoisotopic (exact) mass is 336 g/mol. The Labute approximate surface area is 127 Å². The van der Waals surface area contributed by atoms with Gasteiger partial charge >= 0.3 is 0 Å². The summed E-state index contributed by atoms with van der Waals surface area (Å²) in [6.45, 7) is 2.10. The Morgan fingerprint density at radius 1 is 1.20 bits per heavy atom. The second-order valence-corrected chi connectivity index (χ2v) is 5.63. The van der Waals surface area contributed by atoms with Crippen LogP contribution < -0.4 is 11.3 Å². The maximum absolute atomic E-state index is 13.9. The smallest absolute Gasteiger partial charge is 0.126 e. The minimum atomic E-state index is -0.206. The fourth-order valence-electron chi connectivity index (χ4n) is 2.37. The highest BCUT2D eigenvalue weighted by atomic mass is 79.9. The molecular formula is C16H18BrFN2. The van der Waals surface area contributed by atoms with Gasteiger partial charge in [-0.3, -0.25) is 11.3 Å². The van der Waals surface area contributed by atoms with E-state index < -0.39 is 0 Å². The number of hydrogen-bond acceptors (Lipinski definition) is 2. The molecular weight excluding hydrogens is 319 g/mol. The maximum Gasteiger partial charge on any atom is 0.126 e. The number of hydrazine groups is 1. The number of benzene rings is 2. The van der Waals surface area contributed by atoms with Crippen LogP contribution in [-0.2, 0) is 12.8 Å². The Morgan fingerprint density at radius 3 is 2.65 bits per heavy atom. The van der Waals surface area contributed by atoms with Crippen molar-refractivity contribution in [2.75, 3.05) is 0 Å². The Hall–Kier alpha value is -1.23. The summed E-state index contributed by atoms with van der Waals surface area (Å²) in [6.07, 6.45) is 1.44. The summed E-state index contributed by atoms with van der Waals surface area (Å²) in [4.78, 5) is 0. The second-order valence-electron chi connectivity index (χ2n) is 4.71. The molecule has 0 aliphatic heterocycles. The lowest BCUT2D eigenvalue weighted by molar-refractivity contribution is 0.526. The average Bonchev–Trinajstić information content (AvgIpc) is 2.48. The van der Waals surface area contributed by atoms with Crippen LogP contribution in [0.5, 0.6) is 0 Å². The molecule has 1 unspecified atom stereocenters. The molecule has 1 atom stereocenters. The van der Waals surface area contributed by atoms with Crippen LogP contribution in [0.1, 0.15) is 29.7 Å². The first kappa shape index (κ1) is 15.2. The highest BCUT2D eigenvalue weighted by Gasteiger charge is 2.15. The molecule has 0 bridgehead atoms. The van der Waals surface area contributed by atoms with Crippen molar-refractivity contribution in [2.45, 2.75) is 25.8 Å². The number of rotatable bonds is 5. The van der Waals surface area contributed by atoms with Crippen molar-refractivity contribution < 1.29 is 4.39 Å². The van der Waals surface area contributed by atoms with Crippen LogP contribution in [0.25, 0.3) is 0 Å². The highest BCUT2D eigenvalue weighted by molar-refractivity contribution is 9.10. The van der Waals surface area contributed by atoms with E-state index in [0.717, 1.165) is 16.5 Å². The summed E-state index contributed by atoms with van der Waals surface area (Å²) in [6, 6.07) is 13.0. The number of nitrogens with one attached hydrogen (secondary N) is 1. The van der Waals surface area contributed by atoms with E-state index in [0.29, 0.717) is 12.0 Å². The Morgan fingerprint density at radius 2 is 1.95 bits per heavy atom. The summed E-state index contributed by atoms with van der Waals surface area (Å²) in [7, 11) is 0. The van der Waals surface area contributed by atoms with E-state index in [1.807, 2.05) is 18.2 Å². The van der Waals surface area contributed by atoms with Crippen LogP contribution in [-0.4, -0.2) is 0 Å². The van der Waals surface area contributed by atoms with Crippen molar-refractivity contribution in [3.63, 3.8) is 0 Å². The minimum absolute atomic E-state index is 0.102. The van der Waals surface area contributed by atoms with E-state index in [-0.39, 0.29) is 11.9 Å². The Bertz CT molecular complexity index is 586. The first-order valence-electron chi connectivity index (χ1n) is 6.63. The standard InChI is InChI=1S/C16H18BrFN2/c1-2-11-5-3-4-6-14(11)16(20-19)10-12-9-13(17)7-8-15(12)18/h3-9,16,20H,2,10,19H2,1H3. The topological polar surface area (TPSA) is 38.0 Å².